The number of benzene rings is 3. The molecule has 6 heteroatoms. The average Bonchev–Trinajstić information content (AvgIpc) is 3.03. The molecule has 0 unspecified atom stereocenters. The molecule has 1 saturated heterocycles. The highest BCUT2D eigenvalue weighted by atomic mass is 79.9. The zero-order valence-corrected chi connectivity index (χ0v) is 19.3. The van der Waals surface area contributed by atoms with Gasteiger partial charge in [-0.3, -0.25) is 14.5 Å². The molecule has 156 valence electrons. The fraction of sp³-hybridized carbons (Fsp3) is 0.120. The minimum absolute atomic E-state index is 0.263. The first-order valence-corrected chi connectivity index (χ1v) is 11.4. The molecule has 1 heterocycles. The van der Waals surface area contributed by atoms with Gasteiger partial charge in [-0.2, -0.15) is 0 Å². The monoisotopic (exact) mass is 493 g/mol. The van der Waals surface area contributed by atoms with Crippen LogP contribution in [0.25, 0.3) is 6.08 Å². The van der Waals surface area contributed by atoms with Gasteiger partial charge in [0.25, 0.3) is 11.1 Å². The molecule has 1 aliphatic rings. The third kappa shape index (κ3) is 5.09. The van der Waals surface area contributed by atoms with Gasteiger partial charge >= 0.3 is 0 Å². The van der Waals surface area contributed by atoms with Gasteiger partial charge in [-0.1, -0.05) is 70.5 Å². The molecule has 4 nitrogen and oxygen atoms in total. The van der Waals surface area contributed by atoms with Gasteiger partial charge < -0.3 is 4.74 Å². The first kappa shape index (κ1) is 21.4. The Hall–Kier alpha value is -2.83. The van der Waals surface area contributed by atoms with Gasteiger partial charge in [-0.25, -0.2) is 0 Å². The third-order valence-corrected chi connectivity index (χ3v) is 6.36. The maximum absolute atomic E-state index is 13.0. The molecule has 3 aromatic rings. The van der Waals surface area contributed by atoms with Crippen molar-refractivity contribution in [3.05, 3.63) is 104 Å². The van der Waals surface area contributed by atoms with E-state index in [9.17, 15) is 9.59 Å². The van der Waals surface area contributed by atoms with Crippen LogP contribution >= 0.6 is 27.7 Å². The van der Waals surface area contributed by atoms with Crippen LogP contribution in [0.15, 0.2) is 82.2 Å². The number of hydrogen-bond acceptors (Lipinski definition) is 4. The zero-order valence-electron chi connectivity index (χ0n) is 16.9. The van der Waals surface area contributed by atoms with Crippen molar-refractivity contribution in [3.8, 4) is 5.75 Å². The Balaban J connectivity index is 1.56. The molecule has 0 radical (unpaired) electrons. The van der Waals surface area contributed by atoms with Gasteiger partial charge in [0.2, 0.25) is 0 Å². The number of carbonyl (C=O) groups is 2. The van der Waals surface area contributed by atoms with Crippen molar-refractivity contribution in [2.24, 2.45) is 0 Å². The predicted octanol–water partition coefficient (Wildman–Crippen LogP) is 6.57. The molecule has 0 N–H and O–H groups in total. The van der Waals surface area contributed by atoms with Gasteiger partial charge in [0.1, 0.15) is 12.4 Å². The van der Waals surface area contributed by atoms with E-state index in [0.29, 0.717) is 17.3 Å². The second-order valence-corrected chi connectivity index (χ2v) is 9.06. The number of aryl methyl sites for hydroxylation is 1. The number of imide groups is 1. The van der Waals surface area contributed by atoms with Crippen molar-refractivity contribution in [2.75, 3.05) is 0 Å². The van der Waals surface area contributed by atoms with E-state index < -0.39 is 0 Å². The van der Waals surface area contributed by atoms with E-state index in [4.69, 9.17) is 4.74 Å². The van der Waals surface area contributed by atoms with Crippen LogP contribution in [0.2, 0.25) is 0 Å². The Kier molecular flexibility index (Phi) is 6.59. The van der Waals surface area contributed by atoms with Gasteiger partial charge in [0.15, 0.2) is 0 Å². The number of rotatable bonds is 6. The molecule has 1 aliphatic heterocycles. The smallest absolute Gasteiger partial charge is 0.293 e. The molecule has 1 fully saturated rings. The van der Waals surface area contributed by atoms with Gasteiger partial charge in [-0.15, -0.1) is 0 Å². The van der Waals surface area contributed by atoms with Crippen molar-refractivity contribution in [3.63, 3.8) is 0 Å². The van der Waals surface area contributed by atoms with E-state index >= 15 is 0 Å². The molecule has 0 atom stereocenters. The van der Waals surface area contributed by atoms with E-state index in [1.807, 2.05) is 79.7 Å². The first-order chi connectivity index (χ1) is 15.0. The maximum Gasteiger partial charge on any atom is 0.293 e. The summed E-state index contributed by atoms with van der Waals surface area (Å²) in [6, 6.07) is 23.3. The molecule has 3 aromatic carbocycles. The van der Waals surface area contributed by atoms with E-state index in [1.54, 1.807) is 6.08 Å². The number of nitrogens with zero attached hydrogens (tertiary/aromatic N) is 1. The van der Waals surface area contributed by atoms with Crippen LogP contribution in [-0.2, 0) is 17.9 Å². The van der Waals surface area contributed by atoms with Crippen LogP contribution in [0, 0.1) is 6.92 Å². The Labute approximate surface area is 194 Å². The molecule has 0 bridgehead atoms. The second kappa shape index (κ2) is 9.54. The summed E-state index contributed by atoms with van der Waals surface area (Å²) in [5, 5.41) is -0.263. The Morgan fingerprint density at radius 2 is 1.74 bits per heavy atom. The number of ether oxygens (including phenoxy) is 1. The molecule has 4 rings (SSSR count). The Morgan fingerprint density at radius 1 is 1.00 bits per heavy atom. The van der Waals surface area contributed by atoms with Crippen molar-refractivity contribution in [1.82, 2.24) is 4.90 Å². The number of carbonyl (C=O) groups excluding carboxylic acids is 2. The number of thioether (sulfide) groups is 1. The zero-order chi connectivity index (χ0) is 21.8. The number of amides is 2. The minimum atomic E-state index is -0.285. The lowest BCUT2D eigenvalue weighted by Crippen LogP contribution is -2.27. The lowest BCUT2D eigenvalue weighted by Gasteiger charge is -2.14. The minimum Gasteiger partial charge on any atom is -0.488 e. The largest absolute Gasteiger partial charge is 0.488 e. The first-order valence-electron chi connectivity index (χ1n) is 9.77. The summed E-state index contributed by atoms with van der Waals surface area (Å²) in [6.45, 7) is 2.66. The maximum atomic E-state index is 13.0. The summed E-state index contributed by atoms with van der Waals surface area (Å²) < 4.78 is 6.87. The molecule has 31 heavy (non-hydrogen) atoms. The van der Waals surface area contributed by atoms with E-state index in [2.05, 4.69) is 15.9 Å². The highest BCUT2D eigenvalue weighted by molar-refractivity contribution is 9.10. The van der Waals surface area contributed by atoms with Crippen molar-refractivity contribution in [1.29, 1.82) is 0 Å². The molecule has 0 aromatic heterocycles. The normalized spacial score (nSPS) is 15.0. The van der Waals surface area contributed by atoms with Crippen LogP contribution in [0.1, 0.15) is 22.3 Å². The summed E-state index contributed by atoms with van der Waals surface area (Å²) >= 11 is 4.44. The highest BCUT2D eigenvalue weighted by Gasteiger charge is 2.35. The molecular formula is C25H20BrNO3S. The van der Waals surface area contributed by atoms with Gasteiger partial charge in [0.05, 0.1) is 11.4 Å². The summed E-state index contributed by atoms with van der Waals surface area (Å²) in [7, 11) is 0. The summed E-state index contributed by atoms with van der Waals surface area (Å²) in [6.07, 6.45) is 1.73. The van der Waals surface area contributed by atoms with Crippen LogP contribution in [0.5, 0.6) is 5.75 Å². The summed E-state index contributed by atoms with van der Waals surface area (Å²) in [5.41, 5.74) is 3.80. The number of hydrogen-bond donors (Lipinski definition) is 0. The van der Waals surface area contributed by atoms with Gasteiger partial charge in [-0.05, 0) is 59.7 Å². The van der Waals surface area contributed by atoms with Crippen LogP contribution < -0.4 is 4.74 Å². The van der Waals surface area contributed by atoms with Crippen molar-refractivity contribution in [2.45, 2.75) is 20.1 Å². The fourth-order valence-corrected chi connectivity index (χ4v) is 4.44. The molecule has 0 saturated carbocycles. The lowest BCUT2D eigenvalue weighted by atomic mass is 10.1. The fourth-order valence-electron chi connectivity index (χ4n) is 3.23. The number of halogens is 1. The summed E-state index contributed by atoms with van der Waals surface area (Å²) in [5.74, 6) is 0.366. The topological polar surface area (TPSA) is 46.6 Å². The second-order valence-electron chi connectivity index (χ2n) is 7.15. The quantitative estimate of drug-likeness (QED) is 0.364. The lowest BCUT2D eigenvalue weighted by molar-refractivity contribution is -0.123. The average molecular weight is 494 g/mol. The summed E-state index contributed by atoms with van der Waals surface area (Å²) in [4.78, 5) is 27.2. The van der Waals surface area contributed by atoms with Crippen LogP contribution in [0.4, 0.5) is 4.79 Å². The molecular weight excluding hydrogens is 474 g/mol. The molecule has 2 amide bonds. The standard InChI is InChI=1S/C25H20BrNO3S/c1-17-7-5-6-10-19(17)15-27-24(28)23(31-25(27)29)14-20-13-21(26)11-12-22(20)30-16-18-8-3-2-4-9-18/h2-14H,15-16H2,1H3/b23-14-. The van der Waals surface area contributed by atoms with Gasteiger partial charge in [0, 0.05) is 10.0 Å². The molecule has 0 spiro atoms. The van der Waals surface area contributed by atoms with E-state index in [-0.39, 0.29) is 17.7 Å². The van der Waals surface area contributed by atoms with Crippen LogP contribution in [0.3, 0.4) is 0 Å². The Bertz CT molecular complexity index is 1160. The SMILES string of the molecule is Cc1ccccc1CN1C(=O)S/C(=C\c2cc(Br)ccc2OCc2ccccc2)C1=O. The Morgan fingerprint density at radius 3 is 2.52 bits per heavy atom. The van der Waals surface area contributed by atoms with Crippen molar-refractivity contribution >= 4 is 44.9 Å². The van der Waals surface area contributed by atoms with E-state index in [0.717, 1.165) is 38.5 Å². The van der Waals surface area contributed by atoms with E-state index in [1.165, 1.54) is 4.90 Å². The van der Waals surface area contributed by atoms with Crippen molar-refractivity contribution < 1.29 is 14.3 Å². The predicted molar refractivity (Wildman–Crippen MR) is 128 cm³/mol. The molecule has 0 aliphatic carbocycles. The van der Waals surface area contributed by atoms with Crippen LogP contribution in [-0.4, -0.2) is 16.0 Å². The highest BCUT2D eigenvalue weighted by Crippen LogP contribution is 2.36. The third-order valence-electron chi connectivity index (χ3n) is 4.96.